The molecule has 0 fully saturated rings. The molecule has 0 heterocycles. The number of hydrogen-bond acceptors (Lipinski definition) is 4. The van der Waals surface area contributed by atoms with Gasteiger partial charge in [-0.15, -0.1) is 0 Å². The molecule has 74 valence electrons. The van der Waals surface area contributed by atoms with E-state index in [1.54, 1.807) is 0 Å². The van der Waals surface area contributed by atoms with Gasteiger partial charge in [-0.05, 0) is 6.42 Å². The monoisotopic (exact) mass is 185 g/mol. The first-order chi connectivity index (χ1) is 6.11. The molecule has 4 nitrogen and oxygen atoms in total. The highest BCUT2D eigenvalue weighted by atomic mass is 16.6. The maximum absolute atomic E-state index is 11.1. The highest BCUT2D eigenvalue weighted by Gasteiger charge is 2.11. The van der Waals surface area contributed by atoms with Gasteiger partial charge in [-0.25, -0.2) is 0 Å². The van der Waals surface area contributed by atoms with Gasteiger partial charge in [0.05, 0.1) is 6.42 Å². The summed E-state index contributed by atoms with van der Waals surface area (Å²) in [6.07, 6.45) is 1.35. The molecule has 0 rings (SSSR count). The van der Waals surface area contributed by atoms with E-state index < -0.39 is 0 Å². The minimum Gasteiger partial charge on any atom is -0.399 e. The van der Waals surface area contributed by atoms with E-state index in [1.165, 1.54) is 14.0 Å². The Bertz CT molecular complexity index is 221. The number of oxime groups is 1. The van der Waals surface area contributed by atoms with Crippen molar-refractivity contribution in [3.63, 3.8) is 0 Å². The van der Waals surface area contributed by atoms with Gasteiger partial charge in [0.2, 0.25) is 0 Å². The van der Waals surface area contributed by atoms with Crippen molar-refractivity contribution in [1.29, 1.82) is 0 Å². The predicted octanol–water partition coefficient (Wildman–Crippen LogP) is 1.34. The van der Waals surface area contributed by atoms with E-state index in [-0.39, 0.29) is 23.7 Å². The Morgan fingerprint density at radius 3 is 2.38 bits per heavy atom. The average molecular weight is 185 g/mol. The lowest BCUT2D eigenvalue weighted by Crippen LogP contribution is -2.15. The summed E-state index contributed by atoms with van der Waals surface area (Å²) < 4.78 is 0. The van der Waals surface area contributed by atoms with Gasteiger partial charge in [0.25, 0.3) is 0 Å². The SMILES string of the molecule is CCCC(=O)C/C(=N/OC)C(C)=O. The van der Waals surface area contributed by atoms with E-state index in [9.17, 15) is 9.59 Å². The van der Waals surface area contributed by atoms with Gasteiger partial charge in [-0.2, -0.15) is 0 Å². The van der Waals surface area contributed by atoms with E-state index in [2.05, 4.69) is 9.99 Å². The van der Waals surface area contributed by atoms with Crippen LogP contribution in [-0.2, 0) is 14.4 Å². The Labute approximate surface area is 77.9 Å². The van der Waals surface area contributed by atoms with Gasteiger partial charge in [-0.3, -0.25) is 9.59 Å². The Morgan fingerprint density at radius 2 is 2.00 bits per heavy atom. The minimum atomic E-state index is -0.216. The summed E-state index contributed by atoms with van der Waals surface area (Å²) in [6.45, 7) is 3.29. The molecular formula is C9H15NO3. The third-order valence-corrected chi connectivity index (χ3v) is 1.50. The van der Waals surface area contributed by atoms with Gasteiger partial charge in [-0.1, -0.05) is 12.1 Å². The first kappa shape index (κ1) is 11.8. The molecule has 0 unspecified atom stereocenters. The van der Waals surface area contributed by atoms with Gasteiger partial charge in [0.15, 0.2) is 5.78 Å². The van der Waals surface area contributed by atoms with Crippen LogP contribution in [0, 0.1) is 0 Å². The van der Waals surface area contributed by atoms with Gasteiger partial charge in [0, 0.05) is 13.3 Å². The molecule has 4 heteroatoms. The summed E-state index contributed by atoms with van der Waals surface area (Å²) in [6, 6.07) is 0. The summed E-state index contributed by atoms with van der Waals surface area (Å²) in [7, 11) is 1.35. The summed E-state index contributed by atoms with van der Waals surface area (Å²) in [5.74, 6) is -0.195. The number of nitrogens with zero attached hydrogens (tertiary/aromatic N) is 1. The maximum Gasteiger partial charge on any atom is 0.177 e. The van der Waals surface area contributed by atoms with E-state index >= 15 is 0 Å². The fourth-order valence-corrected chi connectivity index (χ4v) is 0.885. The van der Waals surface area contributed by atoms with Crippen molar-refractivity contribution in [2.75, 3.05) is 7.11 Å². The lowest BCUT2D eigenvalue weighted by atomic mass is 10.1. The maximum atomic E-state index is 11.1. The Kier molecular flexibility index (Phi) is 5.76. The third-order valence-electron chi connectivity index (χ3n) is 1.50. The summed E-state index contributed by atoms with van der Waals surface area (Å²) >= 11 is 0. The molecule has 0 aromatic carbocycles. The topological polar surface area (TPSA) is 55.7 Å². The van der Waals surface area contributed by atoms with Crippen LogP contribution in [0.15, 0.2) is 5.16 Å². The number of Topliss-reactive ketones (excluding diaryl/α,β-unsaturated/α-hetero) is 2. The van der Waals surface area contributed by atoms with Crippen LogP contribution >= 0.6 is 0 Å². The normalized spacial score (nSPS) is 11.2. The van der Waals surface area contributed by atoms with Crippen molar-refractivity contribution >= 4 is 17.3 Å². The van der Waals surface area contributed by atoms with Crippen LogP contribution in [0.5, 0.6) is 0 Å². The Morgan fingerprint density at radius 1 is 1.38 bits per heavy atom. The molecule has 0 spiro atoms. The van der Waals surface area contributed by atoms with Gasteiger partial charge in [0.1, 0.15) is 18.6 Å². The zero-order valence-corrected chi connectivity index (χ0v) is 8.29. The van der Waals surface area contributed by atoms with Crippen LogP contribution in [0.2, 0.25) is 0 Å². The fourth-order valence-electron chi connectivity index (χ4n) is 0.885. The van der Waals surface area contributed by atoms with Crippen molar-refractivity contribution in [2.24, 2.45) is 5.16 Å². The molecular weight excluding hydrogens is 170 g/mol. The lowest BCUT2D eigenvalue weighted by Gasteiger charge is -1.99. The van der Waals surface area contributed by atoms with Crippen LogP contribution in [0.4, 0.5) is 0 Å². The quantitative estimate of drug-likeness (QED) is 0.463. The average Bonchev–Trinajstić information content (AvgIpc) is 2.04. The van der Waals surface area contributed by atoms with Crippen molar-refractivity contribution in [2.45, 2.75) is 33.1 Å². The fraction of sp³-hybridized carbons (Fsp3) is 0.667. The van der Waals surface area contributed by atoms with Crippen molar-refractivity contribution < 1.29 is 14.4 Å². The summed E-state index contributed by atoms with van der Waals surface area (Å²) in [5, 5.41) is 3.49. The molecule has 0 aliphatic heterocycles. The Hall–Kier alpha value is -1.19. The second kappa shape index (κ2) is 6.34. The minimum absolute atomic E-state index is 0.0218. The van der Waals surface area contributed by atoms with E-state index in [4.69, 9.17) is 0 Å². The molecule has 0 radical (unpaired) electrons. The van der Waals surface area contributed by atoms with E-state index in [0.29, 0.717) is 6.42 Å². The molecule has 13 heavy (non-hydrogen) atoms. The van der Waals surface area contributed by atoms with Crippen LogP contribution in [0.1, 0.15) is 33.1 Å². The molecule has 0 aliphatic carbocycles. The zero-order valence-electron chi connectivity index (χ0n) is 8.29. The predicted molar refractivity (Wildman–Crippen MR) is 49.7 cm³/mol. The van der Waals surface area contributed by atoms with E-state index in [0.717, 1.165) is 6.42 Å². The van der Waals surface area contributed by atoms with Crippen molar-refractivity contribution in [1.82, 2.24) is 0 Å². The zero-order chi connectivity index (χ0) is 10.3. The second-order valence-electron chi connectivity index (χ2n) is 2.74. The molecule has 0 aromatic rings. The van der Waals surface area contributed by atoms with Crippen molar-refractivity contribution in [3.05, 3.63) is 0 Å². The smallest absolute Gasteiger partial charge is 0.177 e. The van der Waals surface area contributed by atoms with E-state index in [1.807, 2.05) is 6.92 Å². The molecule has 0 bridgehead atoms. The van der Waals surface area contributed by atoms with Crippen molar-refractivity contribution in [3.8, 4) is 0 Å². The Balaban J connectivity index is 4.19. The van der Waals surface area contributed by atoms with Crippen LogP contribution in [-0.4, -0.2) is 24.4 Å². The first-order valence-electron chi connectivity index (χ1n) is 4.24. The first-order valence-corrected chi connectivity index (χ1v) is 4.24. The highest BCUT2D eigenvalue weighted by Crippen LogP contribution is 1.98. The number of rotatable bonds is 6. The number of hydrogen-bond donors (Lipinski definition) is 0. The molecule has 0 saturated carbocycles. The molecule has 0 atom stereocenters. The second-order valence-corrected chi connectivity index (χ2v) is 2.74. The highest BCUT2D eigenvalue weighted by molar-refractivity contribution is 6.41. The van der Waals surface area contributed by atoms with Gasteiger partial charge < -0.3 is 4.84 Å². The molecule has 0 aliphatic rings. The third kappa shape index (κ3) is 5.11. The summed E-state index contributed by atoms with van der Waals surface area (Å²) in [5.41, 5.74) is 0.195. The largest absolute Gasteiger partial charge is 0.399 e. The summed E-state index contributed by atoms with van der Waals surface area (Å²) in [4.78, 5) is 26.5. The molecule has 0 aromatic heterocycles. The molecule has 0 N–H and O–H groups in total. The number of carbonyl (C=O) groups excluding carboxylic acids is 2. The number of ketones is 2. The van der Waals surface area contributed by atoms with Gasteiger partial charge >= 0.3 is 0 Å². The van der Waals surface area contributed by atoms with Crippen LogP contribution < -0.4 is 0 Å². The molecule has 0 amide bonds. The molecule has 0 saturated heterocycles. The standard InChI is InChI=1S/C9H15NO3/c1-4-5-8(12)6-9(7(2)11)10-13-3/h4-6H2,1-3H3/b10-9-. The van der Waals surface area contributed by atoms with Crippen LogP contribution in [0.25, 0.3) is 0 Å². The lowest BCUT2D eigenvalue weighted by molar-refractivity contribution is -0.119. The van der Waals surface area contributed by atoms with Crippen LogP contribution in [0.3, 0.4) is 0 Å². The number of carbonyl (C=O) groups is 2.